The molecule has 0 aliphatic carbocycles. The van der Waals surface area contributed by atoms with Crippen LogP contribution in [-0.4, -0.2) is 57.1 Å². The molecule has 1 aliphatic rings. The van der Waals surface area contributed by atoms with Gasteiger partial charge < -0.3 is 10.6 Å². The Morgan fingerprint density at radius 3 is 2.57 bits per heavy atom. The van der Waals surface area contributed by atoms with Crippen molar-refractivity contribution in [1.82, 2.24) is 14.9 Å². The van der Waals surface area contributed by atoms with Gasteiger partial charge in [-0.2, -0.15) is 0 Å². The maximum absolute atomic E-state index is 11.9. The van der Waals surface area contributed by atoms with Gasteiger partial charge in [-0.25, -0.2) is 12.7 Å². The highest BCUT2D eigenvalue weighted by atomic mass is 32.2. The van der Waals surface area contributed by atoms with Gasteiger partial charge in [-0.15, -0.1) is 0 Å². The van der Waals surface area contributed by atoms with Crippen molar-refractivity contribution in [3.63, 3.8) is 0 Å². The molecule has 0 aromatic carbocycles. The molecule has 2 N–H and O–H groups in total. The van der Waals surface area contributed by atoms with Gasteiger partial charge in [0, 0.05) is 19.6 Å². The highest BCUT2D eigenvalue weighted by Crippen LogP contribution is 2.18. The number of amides is 1. The highest BCUT2D eigenvalue weighted by Gasteiger charge is 2.26. The van der Waals surface area contributed by atoms with Crippen molar-refractivity contribution in [3.05, 3.63) is 0 Å². The van der Waals surface area contributed by atoms with Crippen LogP contribution in [0.1, 0.15) is 33.6 Å². The second-order valence-corrected chi connectivity index (χ2v) is 8.38. The molecule has 0 aromatic rings. The molecule has 124 valence electrons. The first-order valence-electron chi connectivity index (χ1n) is 7.66. The van der Waals surface area contributed by atoms with Crippen LogP contribution in [0.5, 0.6) is 0 Å². The van der Waals surface area contributed by atoms with Crippen molar-refractivity contribution < 1.29 is 13.2 Å². The smallest absolute Gasteiger partial charge is 0.236 e. The monoisotopic (exact) mass is 319 g/mol. The molecule has 0 bridgehead atoms. The second kappa shape index (κ2) is 8.10. The first kappa shape index (κ1) is 18.4. The summed E-state index contributed by atoms with van der Waals surface area (Å²) in [6.45, 7) is 8.46. The molecule has 7 heteroatoms. The van der Waals surface area contributed by atoms with E-state index in [0.717, 1.165) is 12.8 Å². The first-order valence-corrected chi connectivity index (χ1v) is 9.51. The van der Waals surface area contributed by atoms with Gasteiger partial charge in [-0.3, -0.25) is 4.79 Å². The van der Waals surface area contributed by atoms with Crippen molar-refractivity contribution >= 4 is 15.9 Å². The molecular formula is C14H29N3O3S. The SMILES string of the molecule is CC(C)CNC(=O)C(C)NCC1CCCN(S(C)(=O)=O)C1. The maximum atomic E-state index is 11.9. The standard InChI is InChI=1S/C14H29N3O3S/c1-11(2)8-16-14(18)12(3)15-9-13-6-5-7-17(10-13)21(4,19)20/h11-13,15H,5-10H2,1-4H3,(H,16,18). The van der Waals surface area contributed by atoms with E-state index in [-0.39, 0.29) is 17.9 Å². The number of carbonyl (C=O) groups excluding carboxylic acids is 1. The van der Waals surface area contributed by atoms with E-state index in [9.17, 15) is 13.2 Å². The summed E-state index contributed by atoms with van der Waals surface area (Å²) in [5.41, 5.74) is 0. The highest BCUT2D eigenvalue weighted by molar-refractivity contribution is 7.88. The summed E-state index contributed by atoms with van der Waals surface area (Å²) in [6.07, 6.45) is 3.14. The Bertz CT molecular complexity index is 437. The molecule has 1 amide bonds. The van der Waals surface area contributed by atoms with Crippen LogP contribution < -0.4 is 10.6 Å². The minimum absolute atomic E-state index is 0.000483. The summed E-state index contributed by atoms with van der Waals surface area (Å²) in [4.78, 5) is 11.9. The lowest BCUT2D eigenvalue weighted by Gasteiger charge is -2.31. The predicted octanol–water partition coefficient (Wildman–Crippen LogP) is 0.408. The zero-order chi connectivity index (χ0) is 16.0. The van der Waals surface area contributed by atoms with Crippen molar-refractivity contribution in [2.75, 3.05) is 32.4 Å². The van der Waals surface area contributed by atoms with Crippen molar-refractivity contribution in [1.29, 1.82) is 0 Å². The Kier molecular flexibility index (Phi) is 7.09. The first-order chi connectivity index (χ1) is 9.70. The van der Waals surface area contributed by atoms with E-state index in [0.29, 0.717) is 32.1 Å². The van der Waals surface area contributed by atoms with Crippen LogP contribution in [0.4, 0.5) is 0 Å². The van der Waals surface area contributed by atoms with E-state index in [4.69, 9.17) is 0 Å². The molecule has 1 rings (SSSR count). The number of nitrogens with zero attached hydrogens (tertiary/aromatic N) is 1. The van der Waals surface area contributed by atoms with Crippen LogP contribution >= 0.6 is 0 Å². The minimum Gasteiger partial charge on any atom is -0.354 e. The number of hydrogen-bond acceptors (Lipinski definition) is 4. The molecule has 0 spiro atoms. The zero-order valence-electron chi connectivity index (χ0n) is 13.6. The van der Waals surface area contributed by atoms with E-state index >= 15 is 0 Å². The third kappa shape index (κ3) is 6.76. The fraction of sp³-hybridized carbons (Fsp3) is 0.929. The van der Waals surface area contributed by atoms with Crippen LogP contribution in [0.15, 0.2) is 0 Å². The predicted molar refractivity (Wildman–Crippen MR) is 84.5 cm³/mol. The Morgan fingerprint density at radius 1 is 1.33 bits per heavy atom. The van der Waals surface area contributed by atoms with Crippen molar-refractivity contribution in [2.24, 2.45) is 11.8 Å². The quantitative estimate of drug-likeness (QED) is 0.712. The van der Waals surface area contributed by atoms with Crippen molar-refractivity contribution in [2.45, 2.75) is 39.7 Å². The van der Waals surface area contributed by atoms with Crippen molar-refractivity contribution in [3.8, 4) is 0 Å². The average Bonchev–Trinajstić information content (AvgIpc) is 2.41. The Labute approximate surface area is 128 Å². The average molecular weight is 319 g/mol. The minimum atomic E-state index is -3.11. The Morgan fingerprint density at radius 2 is 2.00 bits per heavy atom. The summed E-state index contributed by atoms with van der Waals surface area (Å²) in [5.74, 6) is 0.705. The topological polar surface area (TPSA) is 78.5 Å². The molecule has 0 aromatic heterocycles. The van der Waals surface area contributed by atoms with E-state index < -0.39 is 10.0 Å². The molecule has 21 heavy (non-hydrogen) atoms. The van der Waals surface area contributed by atoms with Crippen LogP contribution in [0, 0.1) is 11.8 Å². The number of piperidine rings is 1. The van der Waals surface area contributed by atoms with Gasteiger partial charge in [-0.05, 0) is 38.1 Å². The van der Waals surface area contributed by atoms with Gasteiger partial charge in [-0.1, -0.05) is 13.8 Å². The summed E-state index contributed by atoms with van der Waals surface area (Å²) >= 11 is 0. The molecule has 2 atom stereocenters. The van der Waals surface area contributed by atoms with Gasteiger partial charge in [0.25, 0.3) is 0 Å². The fourth-order valence-corrected chi connectivity index (χ4v) is 3.33. The summed E-state index contributed by atoms with van der Waals surface area (Å²) in [5, 5.41) is 6.11. The largest absolute Gasteiger partial charge is 0.354 e. The molecule has 1 fully saturated rings. The number of hydrogen-bond donors (Lipinski definition) is 2. The normalized spacial score (nSPS) is 22.2. The summed E-state index contributed by atoms with van der Waals surface area (Å²) < 4.78 is 24.7. The van der Waals surface area contributed by atoms with Crippen LogP contribution in [-0.2, 0) is 14.8 Å². The molecule has 6 nitrogen and oxygen atoms in total. The summed E-state index contributed by atoms with van der Waals surface area (Å²) in [6, 6.07) is -0.252. The molecule has 0 saturated carbocycles. The van der Waals surface area contributed by atoms with Crippen LogP contribution in [0.2, 0.25) is 0 Å². The molecule has 1 aliphatic heterocycles. The second-order valence-electron chi connectivity index (χ2n) is 6.40. The molecule has 2 unspecified atom stereocenters. The Hall–Kier alpha value is -0.660. The van der Waals surface area contributed by atoms with Gasteiger partial charge >= 0.3 is 0 Å². The molecule has 1 heterocycles. The number of sulfonamides is 1. The van der Waals surface area contributed by atoms with Crippen LogP contribution in [0.3, 0.4) is 0 Å². The lowest BCUT2D eigenvalue weighted by atomic mass is 9.99. The number of rotatable bonds is 7. The molecule has 1 saturated heterocycles. The molecule has 0 radical (unpaired) electrons. The number of nitrogens with one attached hydrogen (secondary N) is 2. The maximum Gasteiger partial charge on any atom is 0.236 e. The van der Waals surface area contributed by atoms with E-state index in [1.165, 1.54) is 10.6 Å². The lowest BCUT2D eigenvalue weighted by Crippen LogP contribution is -2.47. The fourth-order valence-electron chi connectivity index (χ4n) is 2.39. The summed E-state index contributed by atoms with van der Waals surface area (Å²) in [7, 11) is -3.11. The Balaban J connectivity index is 2.35. The molecular weight excluding hydrogens is 290 g/mol. The van der Waals surface area contributed by atoms with Gasteiger partial charge in [0.15, 0.2) is 0 Å². The lowest BCUT2D eigenvalue weighted by molar-refractivity contribution is -0.122. The van der Waals surface area contributed by atoms with Gasteiger partial charge in [0.1, 0.15) is 0 Å². The van der Waals surface area contributed by atoms with Gasteiger partial charge in [0.2, 0.25) is 15.9 Å². The third-order valence-electron chi connectivity index (χ3n) is 3.74. The zero-order valence-corrected chi connectivity index (χ0v) is 14.4. The third-order valence-corrected chi connectivity index (χ3v) is 5.01. The van der Waals surface area contributed by atoms with E-state index in [1.54, 1.807) is 0 Å². The van der Waals surface area contributed by atoms with E-state index in [1.807, 2.05) is 6.92 Å². The van der Waals surface area contributed by atoms with Gasteiger partial charge in [0.05, 0.1) is 12.3 Å². The van der Waals surface area contributed by atoms with E-state index in [2.05, 4.69) is 24.5 Å². The van der Waals surface area contributed by atoms with Crippen LogP contribution in [0.25, 0.3) is 0 Å². The number of carbonyl (C=O) groups is 1.